The lowest BCUT2D eigenvalue weighted by molar-refractivity contribution is -0.128. The highest BCUT2D eigenvalue weighted by Crippen LogP contribution is 2.49. The first kappa shape index (κ1) is 20.4. The van der Waals surface area contributed by atoms with Crippen LogP contribution in [0.2, 0.25) is 0 Å². The lowest BCUT2D eigenvalue weighted by Gasteiger charge is -2.53. The summed E-state index contributed by atoms with van der Waals surface area (Å²) in [5, 5.41) is 3.17. The third-order valence-electron chi connectivity index (χ3n) is 6.85. The number of rotatable bonds is 6. The second-order valence-electron chi connectivity index (χ2n) is 8.51. The van der Waals surface area contributed by atoms with Crippen LogP contribution in [0.1, 0.15) is 66.8 Å². The Hall–Kier alpha value is -1.92. The van der Waals surface area contributed by atoms with Gasteiger partial charge in [0.1, 0.15) is 0 Å². The van der Waals surface area contributed by atoms with Crippen molar-refractivity contribution in [2.24, 2.45) is 0 Å². The average molecular weight is 401 g/mol. The molecule has 1 saturated carbocycles. The maximum atomic E-state index is 13.6. The molecule has 1 spiro atoms. The van der Waals surface area contributed by atoms with E-state index in [-0.39, 0.29) is 23.8 Å². The maximum Gasteiger partial charge on any atom is 0.254 e. The molecule has 6 heteroatoms. The molecule has 6 nitrogen and oxygen atoms in total. The fourth-order valence-corrected chi connectivity index (χ4v) is 5.47. The third kappa shape index (κ3) is 3.80. The van der Waals surface area contributed by atoms with E-state index >= 15 is 0 Å². The van der Waals surface area contributed by atoms with Gasteiger partial charge >= 0.3 is 0 Å². The van der Waals surface area contributed by atoms with E-state index in [1.807, 2.05) is 29.2 Å². The van der Waals surface area contributed by atoms with Crippen molar-refractivity contribution in [1.82, 2.24) is 10.2 Å². The minimum atomic E-state index is -0.469. The van der Waals surface area contributed by atoms with Crippen LogP contribution in [-0.4, -0.2) is 61.8 Å². The first-order valence-electron chi connectivity index (χ1n) is 11.0. The van der Waals surface area contributed by atoms with E-state index in [4.69, 9.17) is 9.47 Å². The highest BCUT2D eigenvalue weighted by Gasteiger charge is 2.54. The Morgan fingerprint density at radius 2 is 2.03 bits per heavy atom. The van der Waals surface area contributed by atoms with Gasteiger partial charge in [0.05, 0.1) is 24.2 Å². The van der Waals surface area contributed by atoms with Gasteiger partial charge in [-0.1, -0.05) is 37.5 Å². The Kier molecular flexibility index (Phi) is 6.20. The molecular weight excluding hydrogens is 368 g/mol. The Labute approximate surface area is 172 Å². The number of carbonyl (C=O) groups is 2. The van der Waals surface area contributed by atoms with Gasteiger partial charge < -0.3 is 19.7 Å². The highest BCUT2D eigenvalue weighted by atomic mass is 16.5. The molecule has 2 atom stereocenters. The molecule has 2 heterocycles. The number of ether oxygens (including phenoxy) is 2. The van der Waals surface area contributed by atoms with E-state index in [1.165, 1.54) is 0 Å². The van der Waals surface area contributed by atoms with Crippen molar-refractivity contribution in [3.05, 3.63) is 35.4 Å². The number of methoxy groups -OCH3 is 1. The molecule has 1 aliphatic carbocycles. The fourth-order valence-electron chi connectivity index (χ4n) is 5.47. The van der Waals surface area contributed by atoms with Gasteiger partial charge in [0.2, 0.25) is 5.91 Å². The van der Waals surface area contributed by atoms with Crippen LogP contribution < -0.4 is 5.32 Å². The zero-order valence-corrected chi connectivity index (χ0v) is 17.3. The quantitative estimate of drug-likeness (QED) is 0.797. The molecule has 1 aromatic carbocycles. The summed E-state index contributed by atoms with van der Waals surface area (Å²) in [6.07, 6.45) is 7.08. The standard InChI is InChI=1S/C23H32N2O4/c1-28-15-13-25-22(27)19-10-4-3-9-18(19)20(23(25)11-5-2-6-12-23)21(26)24-16-17-8-7-14-29-17/h3-4,9-10,17,20H,2,5-8,11-16H2,1H3,(H,24,26)/t17-,20-/m0/s1. The maximum absolute atomic E-state index is 13.6. The molecule has 2 aliphatic heterocycles. The van der Waals surface area contributed by atoms with Crippen molar-refractivity contribution in [3.8, 4) is 0 Å². The van der Waals surface area contributed by atoms with E-state index < -0.39 is 5.54 Å². The molecule has 1 saturated heterocycles. The van der Waals surface area contributed by atoms with Gasteiger partial charge in [-0.05, 0) is 37.3 Å². The Morgan fingerprint density at radius 1 is 1.24 bits per heavy atom. The Balaban J connectivity index is 1.70. The van der Waals surface area contributed by atoms with E-state index in [9.17, 15) is 9.59 Å². The predicted octanol–water partition coefficient (Wildman–Crippen LogP) is 2.87. The molecular formula is C23H32N2O4. The van der Waals surface area contributed by atoms with Crippen LogP contribution in [0.5, 0.6) is 0 Å². The number of hydrogen-bond acceptors (Lipinski definition) is 4. The van der Waals surface area contributed by atoms with Crippen molar-refractivity contribution >= 4 is 11.8 Å². The number of benzene rings is 1. The number of fused-ring (bicyclic) bond motifs is 1. The predicted molar refractivity (Wildman–Crippen MR) is 110 cm³/mol. The first-order valence-corrected chi connectivity index (χ1v) is 11.0. The van der Waals surface area contributed by atoms with Crippen LogP contribution in [0.15, 0.2) is 24.3 Å². The summed E-state index contributed by atoms with van der Waals surface area (Å²) < 4.78 is 11.0. The van der Waals surface area contributed by atoms with Gasteiger partial charge in [-0.3, -0.25) is 9.59 Å². The molecule has 0 bridgehead atoms. The summed E-state index contributed by atoms with van der Waals surface area (Å²) in [6, 6.07) is 7.64. The van der Waals surface area contributed by atoms with Gasteiger partial charge in [-0.15, -0.1) is 0 Å². The summed E-state index contributed by atoms with van der Waals surface area (Å²) in [4.78, 5) is 29.0. The topological polar surface area (TPSA) is 67.9 Å². The van der Waals surface area contributed by atoms with Gasteiger partial charge in [-0.25, -0.2) is 0 Å². The summed E-state index contributed by atoms with van der Waals surface area (Å²) in [5.41, 5.74) is 1.05. The SMILES string of the molecule is COCCN1C(=O)c2ccccc2[C@@H](C(=O)NC[C@@H]2CCCO2)C12CCCCC2. The number of carbonyl (C=O) groups excluding carboxylic acids is 2. The molecule has 0 aromatic heterocycles. The second-order valence-corrected chi connectivity index (χ2v) is 8.51. The van der Waals surface area contributed by atoms with Crippen molar-refractivity contribution in [3.63, 3.8) is 0 Å². The first-order chi connectivity index (χ1) is 14.2. The monoisotopic (exact) mass is 400 g/mol. The molecule has 158 valence electrons. The summed E-state index contributed by atoms with van der Waals surface area (Å²) >= 11 is 0. The van der Waals surface area contributed by atoms with Crippen LogP contribution in [0, 0.1) is 0 Å². The molecule has 1 N–H and O–H groups in total. The zero-order valence-electron chi connectivity index (χ0n) is 17.3. The van der Waals surface area contributed by atoms with Gasteiger partial charge in [0.15, 0.2) is 0 Å². The van der Waals surface area contributed by atoms with Gasteiger partial charge in [-0.2, -0.15) is 0 Å². The van der Waals surface area contributed by atoms with Gasteiger partial charge in [0, 0.05) is 32.4 Å². The van der Waals surface area contributed by atoms with E-state index in [0.29, 0.717) is 25.3 Å². The molecule has 0 unspecified atom stereocenters. The number of amides is 2. The zero-order chi connectivity index (χ0) is 20.3. The fraction of sp³-hybridized carbons (Fsp3) is 0.652. The molecule has 0 radical (unpaired) electrons. The number of nitrogens with zero attached hydrogens (tertiary/aromatic N) is 1. The molecule has 2 amide bonds. The number of hydrogen-bond donors (Lipinski definition) is 1. The van der Waals surface area contributed by atoms with Crippen molar-refractivity contribution in [1.29, 1.82) is 0 Å². The molecule has 4 rings (SSSR count). The van der Waals surface area contributed by atoms with E-state index in [0.717, 1.165) is 57.1 Å². The molecule has 2 fully saturated rings. The molecule has 1 aromatic rings. The summed E-state index contributed by atoms with van der Waals surface area (Å²) in [6.45, 7) is 2.30. The second kappa shape index (κ2) is 8.84. The normalized spacial score (nSPS) is 25.8. The largest absolute Gasteiger partial charge is 0.383 e. The van der Waals surface area contributed by atoms with E-state index in [2.05, 4.69) is 5.32 Å². The lowest BCUT2D eigenvalue weighted by Crippen LogP contribution is -2.63. The number of nitrogens with one attached hydrogen (secondary N) is 1. The van der Waals surface area contributed by atoms with Crippen LogP contribution >= 0.6 is 0 Å². The minimum Gasteiger partial charge on any atom is -0.383 e. The van der Waals surface area contributed by atoms with Crippen LogP contribution in [0.3, 0.4) is 0 Å². The Morgan fingerprint density at radius 3 is 2.76 bits per heavy atom. The van der Waals surface area contributed by atoms with Crippen molar-refractivity contribution in [2.75, 3.05) is 33.4 Å². The highest BCUT2D eigenvalue weighted by molar-refractivity contribution is 6.02. The Bertz CT molecular complexity index is 738. The van der Waals surface area contributed by atoms with Crippen LogP contribution in [0.4, 0.5) is 0 Å². The lowest BCUT2D eigenvalue weighted by atomic mass is 9.65. The summed E-state index contributed by atoms with van der Waals surface area (Å²) in [5.74, 6) is -0.303. The van der Waals surface area contributed by atoms with Gasteiger partial charge in [0.25, 0.3) is 5.91 Å². The molecule has 3 aliphatic rings. The van der Waals surface area contributed by atoms with E-state index in [1.54, 1.807) is 7.11 Å². The average Bonchev–Trinajstić information content (AvgIpc) is 3.27. The molecule has 29 heavy (non-hydrogen) atoms. The van der Waals surface area contributed by atoms with Crippen molar-refractivity contribution in [2.45, 2.75) is 62.5 Å². The van der Waals surface area contributed by atoms with Crippen LogP contribution in [0.25, 0.3) is 0 Å². The minimum absolute atomic E-state index is 0.0183. The third-order valence-corrected chi connectivity index (χ3v) is 6.85. The van der Waals surface area contributed by atoms with Crippen molar-refractivity contribution < 1.29 is 19.1 Å². The smallest absolute Gasteiger partial charge is 0.254 e. The van der Waals surface area contributed by atoms with Crippen LogP contribution in [-0.2, 0) is 14.3 Å². The summed E-state index contributed by atoms with van der Waals surface area (Å²) in [7, 11) is 1.65.